The van der Waals surface area contributed by atoms with Gasteiger partial charge in [0.25, 0.3) is 0 Å². The van der Waals surface area contributed by atoms with E-state index in [1.54, 1.807) is 4.90 Å². The van der Waals surface area contributed by atoms with E-state index in [0.717, 1.165) is 12.3 Å². The topological polar surface area (TPSA) is 81.3 Å². The molecular formula is C15H21F3N4O2. The number of carbonyl (C=O) groups is 1. The molecule has 1 aromatic rings. The van der Waals surface area contributed by atoms with Gasteiger partial charge in [-0.2, -0.15) is 18.2 Å². The van der Waals surface area contributed by atoms with E-state index in [1.165, 1.54) is 0 Å². The molecule has 0 spiro atoms. The predicted molar refractivity (Wildman–Crippen MR) is 80.1 cm³/mol. The Morgan fingerprint density at radius 1 is 1.38 bits per heavy atom. The van der Waals surface area contributed by atoms with Crippen molar-refractivity contribution in [3.05, 3.63) is 18.0 Å². The van der Waals surface area contributed by atoms with Crippen molar-refractivity contribution >= 4 is 5.91 Å². The molecule has 1 aromatic heterocycles. The average Bonchev–Trinajstić information content (AvgIpc) is 2.53. The molecule has 0 saturated carbocycles. The summed E-state index contributed by atoms with van der Waals surface area (Å²) in [5, 5.41) is 0. The van der Waals surface area contributed by atoms with Crippen molar-refractivity contribution in [3.8, 4) is 6.01 Å². The Balaban J connectivity index is 1.91. The fourth-order valence-electron chi connectivity index (χ4n) is 2.39. The van der Waals surface area contributed by atoms with Crippen LogP contribution in [0.1, 0.15) is 32.4 Å². The second-order valence-electron chi connectivity index (χ2n) is 6.13. The number of ether oxygens (including phenoxy) is 1. The van der Waals surface area contributed by atoms with Gasteiger partial charge < -0.3 is 15.4 Å². The van der Waals surface area contributed by atoms with Crippen LogP contribution in [0.3, 0.4) is 0 Å². The van der Waals surface area contributed by atoms with Crippen molar-refractivity contribution in [1.29, 1.82) is 0 Å². The summed E-state index contributed by atoms with van der Waals surface area (Å²) >= 11 is 0. The number of hydrogen-bond acceptors (Lipinski definition) is 5. The summed E-state index contributed by atoms with van der Waals surface area (Å²) in [5.41, 5.74) is 4.82. The largest absolute Gasteiger partial charge is 0.460 e. The Morgan fingerprint density at radius 3 is 2.54 bits per heavy atom. The van der Waals surface area contributed by atoms with E-state index in [9.17, 15) is 18.0 Å². The lowest BCUT2D eigenvalue weighted by Gasteiger charge is -2.33. The Labute approximate surface area is 138 Å². The van der Waals surface area contributed by atoms with Gasteiger partial charge in [0.15, 0.2) is 5.69 Å². The highest BCUT2D eigenvalue weighted by atomic mass is 19.4. The Kier molecular flexibility index (Phi) is 5.63. The van der Waals surface area contributed by atoms with Gasteiger partial charge >= 0.3 is 12.2 Å². The van der Waals surface area contributed by atoms with Crippen LogP contribution in [-0.2, 0) is 11.0 Å². The molecule has 1 atom stereocenters. The predicted octanol–water partition coefficient (Wildman–Crippen LogP) is 1.85. The molecule has 1 saturated heterocycles. The van der Waals surface area contributed by atoms with Gasteiger partial charge in [-0.25, -0.2) is 4.98 Å². The zero-order valence-electron chi connectivity index (χ0n) is 13.6. The number of halogens is 3. The molecule has 6 nitrogen and oxygen atoms in total. The van der Waals surface area contributed by atoms with Crippen LogP contribution >= 0.6 is 0 Å². The maximum Gasteiger partial charge on any atom is 0.433 e. The van der Waals surface area contributed by atoms with Crippen LogP contribution < -0.4 is 10.5 Å². The van der Waals surface area contributed by atoms with E-state index in [0.29, 0.717) is 25.9 Å². The molecule has 1 amide bonds. The van der Waals surface area contributed by atoms with Crippen molar-refractivity contribution in [3.63, 3.8) is 0 Å². The first-order valence-corrected chi connectivity index (χ1v) is 7.79. The van der Waals surface area contributed by atoms with E-state index >= 15 is 0 Å². The number of piperidine rings is 1. The van der Waals surface area contributed by atoms with Crippen molar-refractivity contribution in [2.24, 2.45) is 11.7 Å². The maximum absolute atomic E-state index is 12.6. The summed E-state index contributed by atoms with van der Waals surface area (Å²) in [5.74, 6) is -0.0660. The molecule has 0 radical (unpaired) electrons. The molecule has 0 bridgehead atoms. The molecule has 0 aliphatic carbocycles. The fraction of sp³-hybridized carbons (Fsp3) is 0.667. The van der Waals surface area contributed by atoms with Crippen LogP contribution in [0.4, 0.5) is 13.2 Å². The van der Waals surface area contributed by atoms with Crippen molar-refractivity contribution in [2.45, 2.75) is 45.0 Å². The molecule has 2 rings (SSSR count). The smallest absolute Gasteiger partial charge is 0.433 e. The Hall–Kier alpha value is -1.90. The summed E-state index contributed by atoms with van der Waals surface area (Å²) in [6, 6.07) is -0.0516. The highest BCUT2D eigenvalue weighted by Crippen LogP contribution is 2.28. The van der Waals surface area contributed by atoms with Gasteiger partial charge in [0.1, 0.15) is 6.10 Å². The van der Waals surface area contributed by atoms with Crippen molar-refractivity contribution in [2.75, 3.05) is 13.1 Å². The lowest BCUT2D eigenvalue weighted by molar-refractivity contribution is -0.142. The zero-order chi connectivity index (χ0) is 17.9. The third kappa shape index (κ3) is 4.56. The molecule has 2 heterocycles. The number of rotatable bonds is 4. The van der Waals surface area contributed by atoms with Crippen molar-refractivity contribution in [1.82, 2.24) is 14.9 Å². The minimum absolute atomic E-state index is 0.0463. The normalized spacial score (nSPS) is 17.9. The number of nitrogens with zero attached hydrogens (tertiary/aromatic N) is 3. The van der Waals surface area contributed by atoms with Crippen LogP contribution in [0.15, 0.2) is 12.3 Å². The molecule has 24 heavy (non-hydrogen) atoms. The Bertz CT molecular complexity index is 572. The number of hydrogen-bond donors (Lipinski definition) is 1. The van der Waals surface area contributed by atoms with E-state index in [4.69, 9.17) is 10.5 Å². The molecule has 2 N–H and O–H groups in total. The molecule has 0 unspecified atom stereocenters. The molecule has 1 fully saturated rings. The van der Waals surface area contributed by atoms with E-state index in [-0.39, 0.29) is 23.9 Å². The lowest BCUT2D eigenvalue weighted by atomic mass is 10.0. The van der Waals surface area contributed by atoms with Gasteiger partial charge in [-0.1, -0.05) is 13.8 Å². The van der Waals surface area contributed by atoms with Gasteiger partial charge in [0.2, 0.25) is 5.91 Å². The summed E-state index contributed by atoms with van der Waals surface area (Å²) in [4.78, 5) is 20.9. The van der Waals surface area contributed by atoms with E-state index < -0.39 is 17.9 Å². The molecule has 134 valence electrons. The zero-order valence-corrected chi connectivity index (χ0v) is 13.6. The third-order valence-corrected chi connectivity index (χ3v) is 3.95. The molecule has 1 aliphatic rings. The summed E-state index contributed by atoms with van der Waals surface area (Å²) < 4.78 is 43.3. The second-order valence-corrected chi connectivity index (χ2v) is 6.13. The van der Waals surface area contributed by atoms with Crippen LogP contribution in [-0.4, -0.2) is 46.0 Å². The highest BCUT2D eigenvalue weighted by Gasteiger charge is 2.33. The summed E-state index contributed by atoms with van der Waals surface area (Å²) in [6.07, 6.45) is -2.85. The van der Waals surface area contributed by atoms with E-state index in [1.807, 2.05) is 13.8 Å². The first kappa shape index (κ1) is 18.4. The molecule has 0 aromatic carbocycles. The number of nitrogens with two attached hydrogens (primary N) is 1. The standard InChI is InChI=1S/C15H21F3N4O2/c1-9(2)12(19)13(23)22-7-4-10(5-8-22)24-14-20-6-3-11(21-14)15(16,17)18/h3,6,9-10,12H,4-5,7-8,19H2,1-2H3/t12-/m0/s1. The van der Waals surface area contributed by atoms with Gasteiger partial charge in [-0.15, -0.1) is 0 Å². The monoisotopic (exact) mass is 346 g/mol. The van der Waals surface area contributed by atoms with Gasteiger partial charge in [-0.3, -0.25) is 4.79 Å². The minimum atomic E-state index is -4.54. The van der Waals surface area contributed by atoms with Crippen molar-refractivity contribution < 1.29 is 22.7 Å². The molecule has 9 heteroatoms. The van der Waals surface area contributed by atoms with Crippen LogP contribution in [0.25, 0.3) is 0 Å². The van der Waals surface area contributed by atoms with Crippen LogP contribution in [0, 0.1) is 5.92 Å². The summed E-state index contributed by atoms with van der Waals surface area (Å²) in [6.45, 7) is 4.65. The SMILES string of the molecule is CC(C)[C@H](N)C(=O)N1CCC(Oc2nccc(C(F)(F)F)n2)CC1. The number of carbonyl (C=O) groups excluding carboxylic acids is 1. The first-order valence-electron chi connectivity index (χ1n) is 7.79. The number of alkyl halides is 3. The highest BCUT2D eigenvalue weighted by molar-refractivity contribution is 5.82. The fourth-order valence-corrected chi connectivity index (χ4v) is 2.39. The second kappa shape index (κ2) is 7.33. The Morgan fingerprint density at radius 2 is 2.00 bits per heavy atom. The van der Waals surface area contributed by atoms with Crippen LogP contribution in [0.5, 0.6) is 6.01 Å². The number of amides is 1. The summed E-state index contributed by atoms with van der Waals surface area (Å²) in [7, 11) is 0. The van der Waals surface area contributed by atoms with Gasteiger partial charge in [0.05, 0.1) is 6.04 Å². The molecular weight excluding hydrogens is 325 g/mol. The van der Waals surface area contributed by atoms with Crippen LogP contribution in [0.2, 0.25) is 0 Å². The quantitative estimate of drug-likeness (QED) is 0.900. The third-order valence-electron chi connectivity index (χ3n) is 3.95. The van der Waals surface area contributed by atoms with E-state index in [2.05, 4.69) is 9.97 Å². The lowest BCUT2D eigenvalue weighted by Crippen LogP contribution is -2.50. The average molecular weight is 346 g/mol. The maximum atomic E-state index is 12.6. The van der Waals surface area contributed by atoms with Gasteiger partial charge in [-0.05, 0) is 12.0 Å². The molecule has 1 aliphatic heterocycles. The first-order chi connectivity index (χ1) is 11.2. The number of aromatic nitrogens is 2. The van der Waals surface area contributed by atoms with Gasteiger partial charge in [0, 0.05) is 32.1 Å². The minimum Gasteiger partial charge on any atom is -0.460 e. The number of likely N-dealkylation sites (tertiary alicyclic amines) is 1.